The lowest BCUT2D eigenvalue weighted by Gasteiger charge is -2.23. The molecule has 0 aliphatic heterocycles. The first-order chi connectivity index (χ1) is 16.5. The Hall–Kier alpha value is -3.04. The number of halogens is 1. The van der Waals surface area contributed by atoms with Crippen molar-refractivity contribution in [2.45, 2.75) is 0 Å². The SMILES string of the molecule is COc1ccc2sc(N(CCN(C)C)C(=O)c3cc(-c4cccs4)nc4ccccc34)nc2c1.Cl. The molecule has 0 spiro atoms. The third-order valence-corrected chi connectivity index (χ3v) is 7.50. The summed E-state index contributed by atoms with van der Waals surface area (Å²) in [6, 6.07) is 19.6. The molecule has 5 rings (SSSR count). The molecule has 0 saturated heterocycles. The molecule has 0 N–H and O–H groups in total. The second-order valence-electron chi connectivity index (χ2n) is 8.14. The van der Waals surface area contributed by atoms with Gasteiger partial charge in [0.1, 0.15) is 5.75 Å². The van der Waals surface area contributed by atoms with E-state index in [4.69, 9.17) is 14.7 Å². The lowest BCUT2D eigenvalue weighted by atomic mass is 10.1. The fraction of sp³-hybridized carbons (Fsp3) is 0.192. The maximum Gasteiger partial charge on any atom is 0.260 e. The van der Waals surface area contributed by atoms with Gasteiger partial charge in [0, 0.05) is 24.5 Å². The summed E-state index contributed by atoms with van der Waals surface area (Å²) >= 11 is 3.13. The molecule has 0 aliphatic rings. The summed E-state index contributed by atoms with van der Waals surface area (Å²) in [7, 11) is 5.65. The summed E-state index contributed by atoms with van der Waals surface area (Å²) < 4.78 is 6.37. The largest absolute Gasteiger partial charge is 0.497 e. The first-order valence-electron chi connectivity index (χ1n) is 10.9. The van der Waals surface area contributed by atoms with Gasteiger partial charge in [0.05, 0.1) is 39.0 Å². The molecular formula is C26H25ClN4O2S2. The number of methoxy groups -OCH3 is 1. The number of hydrogen-bond donors (Lipinski definition) is 0. The van der Waals surface area contributed by atoms with Crippen molar-refractivity contribution in [1.82, 2.24) is 14.9 Å². The third-order valence-electron chi connectivity index (χ3n) is 5.55. The van der Waals surface area contributed by atoms with Gasteiger partial charge in [-0.15, -0.1) is 23.7 Å². The van der Waals surface area contributed by atoms with Crippen molar-refractivity contribution >= 4 is 67.2 Å². The van der Waals surface area contributed by atoms with Crippen LogP contribution in [-0.4, -0.2) is 55.1 Å². The smallest absolute Gasteiger partial charge is 0.260 e. The fourth-order valence-electron chi connectivity index (χ4n) is 3.77. The van der Waals surface area contributed by atoms with Gasteiger partial charge in [-0.25, -0.2) is 9.97 Å². The quantitative estimate of drug-likeness (QED) is 0.253. The summed E-state index contributed by atoms with van der Waals surface area (Å²) in [5.41, 5.74) is 3.06. The number of thiophene rings is 1. The predicted octanol–water partition coefficient (Wildman–Crippen LogP) is 6.21. The van der Waals surface area contributed by atoms with Crippen molar-refractivity contribution in [3.63, 3.8) is 0 Å². The summed E-state index contributed by atoms with van der Waals surface area (Å²) in [5.74, 6) is 0.667. The number of hydrogen-bond acceptors (Lipinski definition) is 7. The number of nitrogens with zero attached hydrogens (tertiary/aromatic N) is 4. The number of thiazole rings is 1. The molecule has 0 atom stereocenters. The molecule has 3 heterocycles. The minimum atomic E-state index is -0.0794. The second-order valence-corrected chi connectivity index (χ2v) is 10.1. The molecule has 2 aromatic carbocycles. The monoisotopic (exact) mass is 524 g/mol. The molecule has 1 amide bonds. The minimum absolute atomic E-state index is 0. The third kappa shape index (κ3) is 5.16. The first kappa shape index (κ1) is 25.1. The molecule has 0 radical (unpaired) electrons. The molecule has 5 aromatic rings. The molecule has 180 valence electrons. The molecule has 3 aromatic heterocycles. The molecular weight excluding hydrogens is 500 g/mol. The Morgan fingerprint density at radius 3 is 2.54 bits per heavy atom. The number of carbonyl (C=O) groups excluding carboxylic acids is 1. The Balaban J connectivity index is 0.00000289. The van der Waals surface area contributed by atoms with E-state index in [0.29, 0.717) is 23.8 Å². The van der Waals surface area contributed by atoms with E-state index in [2.05, 4.69) is 4.90 Å². The second kappa shape index (κ2) is 10.7. The Labute approximate surface area is 218 Å². The molecule has 0 fully saturated rings. The molecule has 6 nitrogen and oxygen atoms in total. The van der Waals surface area contributed by atoms with E-state index in [-0.39, 0.29) is 18.3 Å². The van der Waals surface area contributed by atoms with Crippen LogP contribution in [0.15, 0.2) is 66.0 Å². The van der Waals surface area contributed by atoms with E-state index in [1.807, 2.05) is 80.1 Å². The number of benzene rings is 2. The van der Waals surface area contributed by atoms with Crippen molar-refractivity contribution in [3.8, 4) is 16.3 Å². The standard InChI is InChI=1S/C26H24N4O2S2.ClH/c1-29(2)12-13-30(26-28-21-15-17(32-3)10-11-24(21)34-26)25(31)19-16-22(23-9-6-14-33-23)27-20-8-5-4-7-18(19)20;/h4-11,14-16H,12-13H2,1-3H3;1H. The lowest BCUT2D eigenvalue weighted by molar-refractivity contribution is 0.0986. The highest BCUT2D eigenvalue weighted by molar-refractivity contribution is 7.22. The van der Waals surface area contributed by atoms with E-state index < -0.39 is 0 Å². The van der Waals surface area contributed by atoms with Crippen LogP contribution in [0.4, 0.5) is 5.13 Å². The van der Waals surface area contributed by atoms with Crippen LogP contribution in [0.5, 0.6) is 5.75 Å². The van der Waals surface area contributed by atoms with Crippen molar-refractivity contribution in [1.29, 1.82) is 0 Å². The van der Waals surface area contributed by atoms with Crippen molar-refractivity contribution in [2.75, 3.05) is 39.2 Å². The number of pyridine rings is 1. The van der Waals surface area contributed by atoms with Crippen molar-refractivity contribution < 1.29 is 9.53 Å². The molecule has 0 saturated carbocycles. The van der Waals surface area contributed by atoms with Crippen LogP contribution < -0.4 is 9.64 Å². The van der Waals surface area contributed by atoms with Gasteiger partial charge < -0.3 is 9.64 Å². The molecule has 0 unspecified atom stereocenters. The zero-order chi connectivity index (χ0) is 23.7. The summed E-state index contributed by atoms with van der Waals surface area (Å²) in [5, 5.41) is 3.53. The zero-order valence-corrected chi connectivity index (χ0v) is 22.0. The van der Waals surface area contributed by atoms with Gasteiger partial charge in [0.25, 0.3) is 5.91 Å². The van der Waals surface area contributed by atoms with Crippen LogP contribution in [0, 0.1) is 0 Å². The van der Waals surface area contributed by atoms with Gasteiger partial charge in [-0.1, -0.05) is 35.6 Å². The van der Waals surface area contributed by atoms with Crippen LogP contribution >= 0.6 is 35.1 Å². The van der Waals surface area contributed by atoms with E-state index >= 15 is 0 Å². The number of rotatable bonds is 7. The number of aromatic nitrogens is 2. The van der Waals surface area contributed by atoms with Crippen molar-refractivity contribution in [3.05, 3.63) is 71.6 Å². The molecule has 35 heavy (non-hydrogen) atoms. The molecule has 0 bridgehead atoms. The van der Waals surface area contributed by atoms with Crippen LogP contribution in [0.1, 0.15) is 10.4 Å². The van der Waals surface area contributed by atoms with E-state index in [1.165, 1.54) is 11.3 Å². The number of likely N-dealkylation sites (N-methyl/N-ethyl adjacent to an activating group) is 1. The van der Waals surface area contributed by atoms with Crippen LogP contribution in [0.3, 0.4) is 0 Å². The van der Waals surface area contributed by atoms with Crippen LogP contribution in [0.2, 0.25) is 0 Å². The fourth-order valence-corrected chi connectivity index (χ4v) is 5.43. The van der Waals surface area contributed by atoms with E-state index in [9.17, 15) is 4.79 Å². The Bertz CT molecular complexity index is 1470. The molecule has 0 aliphatic carbocycles. The van der Waals surface area contributed by atoms with Crippen LogP contribution in [0.25, 0.3) is 31.7 Å². The number of anilines is 1. The van der Waals surface area contributed by atoms with Gasteiger partial charge in [0.15, 0.2) is 5.13 Å². The molecule has 9 heteroatoms. The first-order valence-corrected chi connectivity index (χ1v) is 12.6. The van der Waals surface area contributed by atoms with Gasteiger partial charge in [-0.05, 0) is 49.8 Å². The maximum absolute atomic E-state index is 14.1. The Morgan fingerprint density at radius 2 is 1.80 bits per heavy atom. The Kier molecular flexibility index (Phi) is 7.66. The number of carbonyl (C=O) groups is 1. The summed E-state index contributed by atoms with van der Waals surface area (Å²) in [6.45, 7) is 1.24. The van der Waals surface area contributed by atoms with Gasteiger partial charge >= 0.3 is 0 Å². The van der Waals surface area contributed by atoms with Crippen LogP contribution in [-0.2, 0) is 0 Å². The minimum Gasteiger partial charge on any atom is -0.497 e. The normalized spacial score (nSPS) is 11.1. The highest BCUT2D eigenvalue weighted by Gasteiger charge is 2.24. The van der Waals surface area contributed by atoms with Gasteiger partial charge in [-0.2, -0.15) is 0 Å². The zero-order valence-electron chi connectivity index (χ0n) is 19.6. The average Bonchev–Trinajstić information content (AvgIpc) is 3.53. The maximum atomic E-state index is 14.1. The van der Waals surface area contributed by atoms with E-state index in [1.54, 1.807) is 23.3 Å². The highest BCUT2D eigenvalue weighted by Crippen LogP contribution is 2.34. The number of ether oxygens (including phenoxy) is 1. The topological polar surface area (TPSA) is 58.6 Å². The Morgan fingerprint density at radius 1 is 0.971 bits per heavy atom. The van der Waals surface area contributed by atoms with E-state index in [0.717, 1.165) is 37.4 Å². The van der Waals surface area contributed by atoms with Gasteiger partial charge in [-0.3, -0.25) is 9.69 Å². The summed E-state index contributed by atoms with van der Waals surface area (Å²) in [4.78, 5) is 28.6. The highest BCUT2D eigenvalue weighted by atomic mass is 35.5. The number of fused-ring (bicyclic) bond motifs is 2. The average molecular weight is 525 g/mol. The summed E-state index contributed by atoms with van der Waals surface area (Å²) in [6.07, 6.45) is 0. The number of para-hydroxylation sites is 1. The van der Waals surface area contributed by atoms with Crippen molar-refractivity contribution in [2.24, 2.45) is 0 Å². The number of amides is 1. The lowest BCUT2D eigenvalue weighted by Crippen LogP contribution is -2.37. The predicted molar refractivity (Wildman–Crippen MR) is 149 cm³/mol. The van der Waals surface area contributed by atoms with Gasteiger partial charge in [0.2, 0.25) is 0 Å².